The fourth-order valence-electron chi connectivity index (χ4n) is 4.70. The lowest BCUT2D eigenvalue weighted by atomic mass is 9.87. The van der Waals surface area contributed by atoms with Crippen LogP contribution in [0.1, 0.15) is 43.3 Å². The van der Waals surface area contributed by atoms with E-state index in [-0.39, 0.29) is 72.1 Å². The number of nitrogens with one attached hydrogen (secondary N) is 1. The van der Waals surface area contributed by atoms with E-state index in [1.807, 2.05) is 20.8 Å². The first kappa shape index (κ1) is 40.4. The minimum Gasteiger partial charge on any atom is -0.493 e. The van der Waals surface area contributed by atoms with Crippen molar-refractivity contribution in [2.75, 3.05) is 25.0 Å². The molecule has 1 aromatic heterocycles. The van der Waals surface area contributed by atoms with Crippen LogP contribution in [0, 0.1) is 10.1 Å². The molecule has 0 aliphatic carbocycles. The summed E-state index contributed by atoms with van der Waals surface area (Å²) in [5, 5.41) is 9.64. The van der Waals surface area contributed by atoms with Crippen LogP contribution in [0.15, 0.2) is 100.0 Å². The Bertz CT molecular complexity index is 2100. The van der Waals surface area contributed by atoms with E-state index in [1.165, 1.54) is 31.7 Å². The summed E-state index contributed by atoms with van der Waals surface area (Å²) >= 11 is 0. The summed E-state index contributed by atoms with van der Waals surface area (Å²) in [6.45, 7) is 8.62. The largest absolute Gasteiger partial charge is 0.493 e. The molecule has 1 N–H and O–H groups in total. The second kappa shape index (κ2) is 18.9. The lowest BCUT2D eigenvalue weighted by molar-refractivity contribution is -0.763. The highest BCUT2D eigenvalue weighted by Crippen LogP contribution is 2.40. The summed E-state index contributed by atoms with van der Waals surface area (Å²) in [6, 6.07) is 19.7. The monoisotopic (exact) mass is 760 g/mol. The molecule has 0 amide bonds. The molecule has 16 nitrogen and oxygen atoms in total. The Morgan fingerprint density at radius 1 is 1.00 bits per heavy atom. The summed E-state index contributed by atoms with van der Waals surface area (Å²) in [5.41, 5.74) is 1.81. The number of esters is 1. The van der Waals surface area contributed by atoms with E-state index in [0.29, 0.717) is 16.9 Å². The number of hydrogen-bond acceptors (Lipinski definition) is 14. The molecular weight excluding hydrogens is 721 g/mol. The number of carbonyl (C=O) groups excluding carboxylic acids is 1. The molecule has 0 saturated carbocycles. The highest BCUT2D eigenvalue weighted by molar-refractivity contribution is 7.92. The number of anilines is 1. The number of nitrogens with zero attached hydrogens (tertiary/aromatic N) is 5. The zero-order valence-corrected chi connectivity index (χ0v) is 30.9. The Morgan fingerprint density at radius 2 is 1.72 bits per heavy atom. The number of aliphatic imine (C=N–C) groups is 2. The first-order valence-electron chi connectivity index (χ1n) is 16.4. The van der Waals surface area contributed by atoms with Crippen LogP contribution >= 0.6 is 0 Å². The molecule has 17 heteroatoms. The molecule has 3 aromatic carbocycles. The number of rotatable bonds is 19. The molecule has 0 unspecified atom stereocenters. The molecule has 4 rings (SSSR count). The van der Waals surface area contributed by atoms with E-state index in [9.17, 15) is 23.3 Å². The van der Waals surface area contributed by atoms with Crippen molar-refractivity contribution in [3.05, 3.63) is 118 Å². The number of allylic oxidation sites excluding steroid dienone is 1. The zero-order valence-electron chi connectivity index (χ0n) is 30.1. The van der Waals surface area contributed by atoms with Gasteiger partial charge in [0.2, 0.25) is 5.75 Å². The Balaban J connectivity index is 1.64. The van der Waals surface area contributed by atoms with E-state index in [0.717, 1.165) is 5.56 Å². The van der Waals surface area contributed by atoms with Gasteiger partial charge in [-0.2, -0.15) is 4.98 Å². The minimum absolute atomic E-state index is 0.0239. The molecule has 284 valence electrons. The van der Waals surface area contributed by atoms with E-state index >= 15 is 0 Å². The smallest absolute Gasteiger partial charge is 0.310 e. The number of aromatic nitrogens is 2. The zero-order chi connectivity index (χ0) is 39.1. The fraction of sp³-hybridized carbons (Fsp3) is 0.270. The third-order valence-corrected chi connectivity index (χ3v) is 8.66. The van der Waals surface area contributed by atoms with E-state index in [4.69, 9.17) is 18.9 Å². The molecule has 0 fully saturated rings. The van der Waals surface area contributed by atoms with Crippen LogP contribution in [0.25, 0.3) is 0 Å². The number of ether oxygens (including phenoxy) is 4. The summed E-state index contributed by atoms with van der Waals surface area (Å²) in [7, 11) is -2.79. The second-order valence-corrected chi connectivity index (χ2v) is 14.0. The van der Waals surface area contributed by atoms with Gasteiger partial charge in [-0.15, -0.1) is 10.1 Å². The predicted molar refractivity (Wildman–Crippen MR) is 200 cm³/mol. The van der Waals surface area contributed by atoms with Crippen molar-refractivity contribution >= 4 is 34.7 Å². The van der Waals surface area contributed by atoms with Gasteiger partial charge in [-0.3, -0.25) is 19.5 Å². The molecule has 1 heterocycles. The quantitative estimate of drug-likeness (QED) is 0.0383. The number of hydrogen-bond donors (Lipinski definition) is 1. The third kappa shape index (κ3) is 12.1. The lowest BCUT2D eigenvalue weighted by Crippen LogP contribution is -2.18. The van der Waals surface area contributed by atoms with Gasteiger partial charge in [0.1, 0.15) is 19.8 Å². The predicted octanol–water partition coefficient (Wildman–Crippen LogP) is 6.03. The van der Waals surface area contributed by atoms with Crippen LogP contribution in [0.3, 0.4) is 0 Å². The molecule has 0 saturated heterocycles. The number of sulfonamides is 1. The number of para-hydroxylation sites is 2. The normalized spacial score (nSPS) is 11.6. The van der Waals surface area contributed by atoms with Gasteiger partial charge in [-0.1, -0.05) is 69.3 Å². The Morgan fingerprint density at radius 3 is 2.41 bits per heavy atom. The molecular formula is C37H40N6O10S. The van der Waals surface area contributed by atoms with Crippen LogP contribution in [-0.2, 0) is 49.4 Å². The molecule has 4 aromatic rings. The van der Waals surface area contributed by atoms with E-state index in [2.05, 4.69) is 36.2 Å². The molecule has 0 aliphatic heterocycles. The second-order valence-electron chi connectivity index (χ2n) is 12.3. The SMILES string of the molecule is C=N/C=C\C=NCc1nc(NS(=O)(=O)c2ccc(C(C)(C)C)cc2)c(Oc2ccccc2OC)c(OCCOC(=O)Cc2cccc(CO[N+](=O)[O-])c2)n1. The van der Waals surface area contributed by atoms with Crippen LogP contribution in [-0.4, -0.2) is 62.7 Å². The van der Waals surface area contributed by atoms with Crippen molar-refractivity contribution in [3.63, 3.8) is 0 Å². The van der Waals surface area contributed by atoms with Crippen molar-refractivity contribution < 1.29 is 42.1 Å². The van der Waals surface area contributed by atoms with Gasteiger partial charge in [0.05, 0.1) is 25.0 Å². The summed E-state index contributed by atoms with van der Waals surface area (Å²) in [5.74, 6) is -0.632. The topological polar surface area (TPSA) is 203 Å². The van der Waals surface area contributed by atoms with Crippen LogP contribution in [0.5, 0.6) is 23.1 Å². The van der Waals surface area contributed by atoms with Gasteiger partial charge < -0.3 is 23.8 Å². The van der Waals surface area contributed by atoms with Crippen molar-refractivity contribution in [1.29, 1.82) is 0 Å². The summed E-state index contributed by atoms with van der Waals surface area (Å²) in [4.78, 5) is 44.3. The molecule has 54 heavy (non-hydrogen) atoms. The maximum absolute atomic E-state index is 13.8. The van der Waals surface area contributed by atoms with Gasteiger partial charge in [-0.25, -0.2) is 13.4 Å². The average Bonchev–Trinajstić information content (AvgIpc) is 3.13. The maximum Gasteiger partial charge on any atom is 0.310 e. The molecule has 0 spiro atoms. The Kier molecular flexibility index (Phi) is 14.2. The van der Waals surface area contributed by atoms with Gasteiger partial charge >= 0.3 is 5.97 Å². The van der Waals surface area contributed by atoms with Crippen molar-refractivity contribution in [1.82, 2.24) is 9.97 Å². The van der Waals surface area contributed by atoms with Crippen molar-refractivity contribution in [2.45, 2.75) is 50.7 Å². The molecule has 0 bridgehead atoms. The highest BCUT2D eigenvalue weighted by atomic mass is 32.2. The lowest BCUT2D eigenvalue weighted by Gasteiger charge is -2.20. The fourth-order valence-corrected chi connectivity index (χ4v) is 5.71. The summed E-state index contributed by atoms with van der Waals surface area (Å²) < 4.78 is 53.0. The first-order valence-corrected chi connectivity index (χ1v) is 17.9. The van der Waals surface area contributed by atoms with Gasteiger partial charge in [-0.05, 0) is 59.2 Å². The number of methoxy groups -OCH3 is 1. The van der Waals surface area contributed by atoms with Crippen LogP contribution in [0.4, 0.5) is 5.82 Å². The van der Waals surface area contributed by atoms with Crippen molar-refractivity contribution in [2.24, 2.45) is 9.98 Å². The van der Waals surface area contributed by atoms with E-state index in [1.54, 1.807) is 66.7 Å². The van der Waals surface area contributed by atoms with Gasteiger partial charge in [0.15, 0.2) is 23.1 Å². The van der Waals surface area contributed by atoms with Crippen LogP contribution in [0.2, 0.25) is 0 Å². The first-order chi connectivity index (χ1) is 25.8. The van der Waals surface area contributed by atoms with E-state index < -0.39 is 21.1 Å². The Hall–Kier alpha value is -6.36. The van der Waals surface area contributed by atoms with Gasteiger partial charge in [0.25, 0.3) is 21.0 Å². The molecule has 0 aliphatic rings. The highest BCUT2D eigenvalue weighted by Gasteiger charge is 2.26. The minimum atomic E-state index is -4.24. The summed E-state index contributed by atoms with van der Waals surface area (Å²) in [6.07, 6.45) is 4.29. The van der Waals surface area contributed by atoms with Crippen molar-refractivity contribution in [3.8, 4) is 23.1 Å². The van der Waals surface area contributed by atoms with Gasteiger partial charge in [0, 0.05) is 12.4 Å². The Labute approximate surface area is 312 Å². The average molecular weight is 761 g/mol. The molecule has 0 radical (unpaired) electrons. The number of benzene rings is 3. The third-order valence-electron chi connectivity index (χ3n) is 7.30. The standard InChI is InChI=1S/C37H40N6O10S/c1-37(2,3)28-14-16-29(17-15-28)54(47,48)42-35-34(53-31-13-7-6-12-30(31)49-5)36(41-32(40-35)24-39-19-9-18-38-4)51-21-20-50-33(44)23-26-10-8-11-27(22-26)25-52-43(45)46/h6-19,22H,4,20-21,23-25H2,1-3,5H3,(H,40,41,42)/b18-9-,39-19?. The number of carbonyl (C=O) groups is 1. The maximum atomic E-state index is 13.8. The van der Waals surface area contributed by atoms with Crippen LogP contribution < -0.4 is 18.9 Å². The molecule has 0 atom stereocenters.